The molecule has 0 bridgehead atoms. The van der Waals surface area contributed by atoms with Crippen molar-refractivity contribution in [3.8, 4) is 0 Å². The minimum absolute atomic E-state index is 0.127. The smallest absolute Gasteiger partial charge is 0.338 e. The number of hydrogen-bond acceptors (Lipinski definition) is 4. The largest absolute Gasteiger partial charge is 0.452 e. The van der Waals surface area contributed by atoms with Crippen LogP contribution in [0.1, 0.15) is 34.0 Å². The fourth-order valence-electron chi connectivity index (χ4n) is 2.80. The van der Waals surface area contributed by atoms with Gasteiger partial charge in [-0.3, -0.25) is 9.59 Å². The molecule has 0 spiro atoms. The highest BCUT2D eigenvalue weighted by Crippen LogP contribution is 2.15. The van der Waals surface area contributed by atoms with Gasteiger partial charge in [-0.05, 0) is 43.5 Å². The van der Waals surface area contributed by atoms with Crippen molar-refractivity contribution >= 4 is 23.5 Å². The standard InChI is InChI=1S/C22H26N2O4/c1-5-17-8-6-7-9-19(17)23-20(25)13-24(4)21(26)14-28-22(27)18-11-10-15(2)12-16(18)3/h6-12H,5,13-14H2,1-4H3,(H,23,25). The molecule has 2 amide bonds. The summed E-state index contributed by atoms with van der Waals surface area (Å²) in [7, 11) is 1.50. The topological polar surface area (TPSA) is 75.7 Å². The highest BCUT2D eigenvalue weighted by Gasteiger charge is 2.17. The number of aryl methyl sites for hydroxylation is 3. The van der Waals surface area contributed by atoms with Crippen molar-refractivity contribution in [1.82, 2.24) is 4.90 Å². The Morgan fingerprint density at radius 3 is 2.46 bits per heavy atom. The molecule has 2 aromatic carbocycles. The van der Waals surface area contributed by atoms with Gasteiger partial charge in [0.05, 0.1) is 12.1 Å². The highest BCUT2D eigenvalue weighted by molar-refractivity contribution is 5.96. The number of amides is 2. The maximum Gasteiger partial charge on any atom is 0.338 e. The molecule has 0 saturated carbocycles. The summed E-state index contributed by atoms with van der Waals surface area (Å²) in [4.78, 5) is 37.8. The molecule has 0 unspecified atom stereocenters. The minimum Gasteiger partial charge on any atom is -0.452 e. The molecular weight excluding hydrogens is 356 g/mol. The third-order valence-electron chi connectivity index (χ3n) is 4.41. The summed E-state index contributed by atoms with van der Waals surface area (Å²) >= 11 is 0. The van der Waals surface area contributed by atoms with Crippen LogP contribution < -0.4 is 5.32 Å². The van der Waals surface area contributed by atoms with E-state index in [4.69, 9.17) is 4.74 Å². The lowest BCUT2D eigenvalue weighted by Crippen LogP contribution is -2.37. The molecule has 2 aromatic rings. The number of benzene rings is 2. The Bertz CT molecular complexity index is 877. The van der Waals surface area contributed by atoms with Gasteiger partial charge in [0.15, 0.2) is 6.61 Å². The number of carbonyl (C=O) groups is 3. The molecule has 1 N–H and O–H groups in total. The zero-order chi connectivity index (χ0) is 20.7. The van der Waals surface area contributed by atoms with Crippen molar-refractivity contribution in [2.75, 3.05) is 25.5 Å². The number of ether oxygens (including phenoxy) is 1. The summed E-state index contributed by atoms with van der Waals surface area (Å²) in [6, 6.07) is 12.9. The Morgan fingerprint density at radius 1 is 1.07 bits per heavy atom. The van der Waals surface area contributed by atoms with E-state index in [1.54, 1.807) is 6.07 Å². The molecule has 0 aliphatic heterocycles. The van der Waals surface area contributed by atoms with Gasteiger partial charge in [0, 0.05) is 12.7 Å². The van der Waals surface area contributed by atoms with Crippen molar-refractivity contribution in [3.63, 3.8) is 0 Å². The fraction of sp³-hybridized carbons (Fsp3) is 0.318. The summed E-state index contributed by atoms with van der Waals surface area (Å²) < 4.78 is 5.11. The van der Waals surface area contributed by atoms with Crippen molar-refractivity contribution in [2.24, 2.45) is 0 Å². The molecule has 0 aliphatic carbocycles. The van der Waals surface area contributed by atoms with Gasteiger partial charge in [-0.25, -0.2) is 4.79 Å². The maximum atomic E-state index is 12.2. The number of anilines is 1. The second kappa shape index (κ2) is 9.69. The van der Waals surface area contributed by atoms with E-state index in [1.165, 1.54) is 11.9 Å². The minimum atomic E-state index is -0.555. The van der Waals surface area contributed by atoms with E-state index >= 15 is 0 Å². The van der Waals surface area contributed by atoms with Crippen molar-refractivity contribution < 1.29 is 19.1 Å². The van der Waals surface area contributed by atoms with Crippen LogP contribution in [0.25, 0.3) is 0 Å². The van der Waals surface area contributed by atoms with E-state index in [0.29, 0.717) is 5.56 Å². The van der Waals surface area contributed by atoms with Gasteiger partial charge < -0.3 is 15.0 Å². The van der Waals surface area contributed by atoms with Crippen LogP contribution in [-0.4, -0.2) is 42.9 Å². The monoisotopic (exact) mass is 382 g/mol. The molecule has 0 radical (unpaired) electrons. The lowest BCUT2D eigenvalue weighted by atomic mass is 10.1. The van der Waals surface area contributed by atoms with E-state index in [9.17, 15) is 14.4 Å². The molecule has 0 atom stereocenters. The number of rotatable bonds is 7. The van der Waals surface area contributed by atoms with Gasteiger partial charge in [0.1, 0.15) is 0 Å². The Kier molecular flexibility index (Phi) is 7.32. The third-order valence-corrected chi connectivity index (χ3v) is 4.41. The molecule has 0 saturated heterocycles. The average Bonchev–Trinajstić information content (AvgIpc) is 2.66. The first-order valence-corrected chi connectivity index (χ1v) is 9.18. The summed E-state index contributed by atoms with van der Waals surface area (Å²) in [5.41, 5.74) is 4.01. The summed E-state index contributed by atoms with van der Waals surface area (Å²) in [6.07, 6.45) is 0.791. The van der Waals surface area contributed by atoms with Gasteiger partial charge in [0.25, 0.3) is 5.91 Å². The highest BCUT2D eigenvalue weighted by atomic mass is 16.5. The third kappa shape index (κ3) is 5.67. The zero-order valence-corrected chi connectivity index (χ0v) is 16.7. The first-order chi connectivity index (χ1) is 13.3. The predicted molar refractivity (Wildman–Crippen MR) is 108 cm³/mol. The van der Waals surface area contributed by atoms with Crippen LogP contribution in [0.4, 0.5) is 5.69 Å². The van der Waals surface area contributed by atoms with Crippen molar-refractivity contribution in [1.29, 1.82) is 0 Å². The first kappa shape index (κ1) is 21.2. The number of likely N-dealkylation sites (N-methyl/N-ethyl adjacent to an activating group) is 1. The van der Waals surface area contributed by atoms with Crippen LogP contribution >= 0.6 is 0 Å². The SMILES string of the molecule is CCc1ccccc1NC(=O)CN(C)C(=O)COC(=O)c1ccc(C)cc1C. The Hall–Kier alpha value is -3.15. The number of esters is 1. The molecule has 148 valence electrons. The van der Waals surface area contributed by atoms with Crippen molar-refractivity contribution in [3.05, 3.63) is 64.7 Å². The molecule has 6 nitrogen and oxygen atoms in total. The quantitative estimate of drug-likeness (QED) is 0.747. The molecule has 2 rings (SSSR count). The molecule has 0 heterocycles. The van der Waals surface area contributed by atoms with Crippen LogP contribution in [-0.2, 0) is 20.7 Å². The van der Waals surface area contributed by atoms with Gasteiger partial charge in [0.2, 0.25) is 5.91 Å². The lowest BCUT2D eigenvalue weighted by Gasteiger charge is -2.17. The number of nitrogens with zero attached hydrogens (tertiary/aromatic N) is 1. The molecule has 28 heavy (non-hydrogen) atoms. The molecule has 0 fully saturated rings. The average molecular weight is 382 g/mol. The Balaban J connectivity index is 1.86. The fourth-order valence-corrected chi connectivity index (χ4v) is 2.80. The van der Waals surface area contributed by atoms with Crippen LogP contribution in [0.5, 0.6) is 0 Å². The molecule has 6 heteroatoms. The second-order valence-corrected chi connectivity index (χ2v) is 6.70. The Labute approximate surface area is 165 Å². The predicted octanol–water partition coefficient (Wildman–Crippen LogP) is 3.12. The van der Waals surface area contributed by atoms with Crippen LogP contribution in [0.15, 0.2) is 42.5 Å². The van der Waals surface area contributed by atoms with Crippen LogP contribution in [0.2, 0.25) is 0 Å². The number of hydrogen-bond donors (Lipinski definition) is 1. The van der Waals surface area contributed by atoms with Crippen LogP contribution in [0.3, 0.4) is 0 Å². The van der Waals surface area contributed by atoms with Crippen molar-refractivity contribution in [2.45, 2.75) is 27.2 Å². The first-order valence-electron chi connectivity index (χ1n) is 9.18. The number of carbonyl (C=O) groups excluding carboxylic acids is 3. The van der Waals surface area contributed by atoms with E-state index in [1.807, 2.05) is 57.2 Å². The van der Waals surface area contributed by atoms with E-state index in [-0.39, 0.29) is 12.5 Å². The molecular formula is C22H26N2O4. The lowest BCUT2D eigenvalue weighted by molar-refractivity contribution is -0.136. The summed E-state index contributed by atoms with van der Waals surface area (Å²) in [5, 5.41) is 2.81. The zero-order valence-electron chi connectivity index (χ0n) is 16.7. The second-order valence-electron chi connectivity index (χ2n) is 6.70. The number of nitrogens with one attached hydrogen (secondary N) is 1. The number of para-hydroxylation sites is 1. The summed E-state index contributed by atoms with van der Waals surface area (Å²) in [5.74, 6) is -1.31. The normalized spacial score (nSPS) is 10.3. The van der Waals surface area contributed by atoms with Gasteiger partial charge in [-0.1, -0.05) is 42.8 Å². The van der Waals surface area contributed by atoms with Gasteiger partial charge in [-0.2, -0.15) is 0 Å². The molecule has 0 aromatic heterocycles. The van der Waals surface area contributed by atoms with Crippen LogP contribution in [0, 0.1) is 13.8 Å². The van der Waals surface area contributed by atoms with Gasteiger partial charge in [-0.15, -0.1) is 0 Å². The van der Waals surface area contributed by atoms with E-state index in [0.717, 1.165) is 28.8 Å². The Morgan fingerprint density at radius 2 is 1.79 bits per heavy atom. The molecule has 0 aliphatic rings. The van der Waals surface area contributed by atoms with E-state index < -0.39 is 18.5 Å². The van der Waals surface area contributed by atoms with Gasteiger partial charge >= 0.3 is 5.97 Å². The maximum absolute atomic E-state index is 12.2. The summed E-state index contributed by atoms with van der Waals surface area (Å²) in [6.45, 7) is 5.21. The van der Waals surface area contributed by atoms with E-state index in [2.05, 4.69) is 5.32 Å².